The van der Waals surface area contributed by atoms with Gasteiger partial charge in [0.25, 0.3) is 0 Å². The third-order valence-electron chi connectivity index (χ3n) is 4.23. The standard InChI is InChI=1S/C18H21N/c1-14-7-9-15(10-8-14)13-18-17-6-4-3-5-16(17)11-12-19(18)2/h3-10,18H,11-13H2,1-2H3. The van der Waals surface area contributed by atoms with Gasteiger partial charge in [-0.25, -0.2) is 0 Å². The van der Waals surface area contributed by atoms with E-state index in [1.54, 1.807) is 0 Å². The van der Waals surface area contributed by atoms with E-state index in [-0.39, 0.29) is 0 Å². The molecule has 0 fully saturated rings. The molecule has 0 aliphatic carbocycles. The number of rotatable bonds is 2. The van der Waals surface area contributed by atoms with Gasteiger partial charge in [-0.1, -0.05) is 54.1 Å². The van der Waals surface area contributed by atoms with Crippen LogP contribution in [0.5, 0.6) is 0 Å². The van der Waals surface area contributed by atoms with E-state index in [4.69, 9.17) is 0 Å². The van der Waals surface area contributed by atoms with Crippen LogP contribution in [-0.2, 0) is 12.8 Å². The van der Waals surface area contributed by atoms with Gasteiger partial charge < -0.3 is 0 Å². The van der Waals surface area contributed by atoms with Gasteiger partial charge in [0.2, 0.25) is 0 Å². The molecule has 0 saturated carbocycles. The summed E-state index contributed by atoms with van der Waals surface area (Å²) in [6.07, 6.45) is 2.28. The molecule has 1 atom stereocenters. The van der Waals surface area contributed by atoms with Gasteiger partial charge in [0, 0.05) is 12.6 Å². The zero-order chi connectivity index (χ0) is 13.2. The predicted octanol–water partition coefficient (Wildman–Crippen LogP) is 3.77. The molecule has 0 saturated heterocycles. The van der Waals surface area contributed by atoms with Gasteiger partial charge in [0.05, 0.1) is 0 Å². The summed E-state index contributed by atoms with van der Waals surface area (Å²) in [6.45, 7) is 3.30. The molecule has 2 aromatic carbocycles. The zero-order valence-electron chi connectivity index (χ0n) is 11.8. The first kappa shape index (κ1) is 12.4. The minimum Gasteiger partial charge on any atom is -0.299 e. The lowest BCUT2D eigenvalue weighted by Gasteiger charge is -2.34. The number of fused-ring (bicyclic) bond motifs is 1. The SMILES string of the molecule is Cc1ccc(CC2c3ccccc3CCN2C)cc1. The normalized spacial score (nSPS) is 19.2. The van der Waals surface area contributed by atoms with Gasteiger partial charge in [-0.3, -0.25) is 4.90 Å². The van der Waals surface area contributed by atoms with Crippen LogP contribution in [0.1, 0.15) is 28.3 Å². The van der Waals surface area contributed by atoms with Crippen LogP contribution in [-0.4, -0.2) is 18.5 Å². The molecule has 1 nitrogen and oxygen atoms in total. The van der Waals surface area contributed by atoms with Crippen molar-refractivity contribution in [3.63, 3.8) is 0 Å². The molecule has 0 N–H and O–H groups in total. The van der Waals surface area contributed by atoms with Gasteiger partial charge in [0.1, 0.15) is 0 Å². The van der Waals surface area contributed by atoms with E-state index >= 15 is 0 Å². The third-order valence-corrected chi connectivity index (χ3v) is 4.23. The van der Waals surface area contributed by atoms with Crippen molar-refractivity contribution in [3.8, 4) is 0 Å². The highest BCUT2D eigenvalue weighted by Gasteiger charge is 2.24. The number of likely N-dealkylation sites (N-methyl/N-ethyl adjacent to an activating group) is 1. The quantitative estimate of drug-likeness (QED) is 0.785. The molecule has 1 heterocycles. The summed E-state index contributed by atoms with van der Waals surface area (Å²) < 4.78 is 0. The maximum atomic E-state index is 2.49. The topological polar surface area (TPSA) is 3.24 Å². The highest BCUT2D eigenvalue weighted by Crippen LogP contribution is 2.31. The summed E-state index contributed by atoms with van der Waals surface area (Å²) in [7, 11) is 2.24. The van der Waals surface area contributed by atoms with Crippen LogP contribution in [0.4, 0.5) is 0 Å². The van der Waals surface area contributed by atoms with E-state index in [1.165, 1.54) is 28.7 Å². The molecular formula is C18H21N. The average molecular weight is 251 g/mol. The molecule has 0 radical (unpaired) electrons. The first-order valence-corrected chi connectivity index (χ1v) is 7.07. The summed E-state index contributed by atoms with van der Waals surface area (Å²) >= 11 is 0. The Labute approximate surface area is 115 Å². The Kier molecular flexibility index (Phi) is 3.39. The van der Waals surface area contributed by atoms with Crippen molar-refractivity contribution in [2.45, 2.75) is 25.8 Å². The molecule has 0 amide bonds. The molecule has 3 rings (SSSR count). The van der Waals surface area contributed by atoms with Gasteiger partial charge in [-0.15, -0.1) is 0 Å². The van der Waals surface area contributed by atoms with E-state index in [1.807, 2.05) is 0 Å². The minimum atomic E-state index is 0.521. The van der Waals surface area contributed by atoms with E-state index in [0.717, 1.165) is 13.0 Å². The third kappa shape index (κ3) is 2.57. The Morgan fingerprint density at radius 2 is 1.79 bits per heavy atom. The first-order valence-electron chi connectivity index (χ1n) is 7.07. The van der Waals surface area contributed by atoms with Crippen LogP contribution in [0.25, 0.3) is 0 Å². The van der Waals surface area contributed by atoms with Crippen LogP contribution in [0.15, 0.2) is 48.5 Å². The average Bonchev–Trinajstić information content (AvgIpc) is 2.44. The number of nitrogens with zero attached hydrogens (tertiary/aromatic N) is 1. The molecule has 1 heteroatoms. The smallest absolute Gasteiger partial charge is 0.0388 e. The predicted molar refractivity (Wildman–Crippen MR) is 80.4 cm³/mol. The van der Waals surface area contributed by atoms with Gasteiger partial charge in [-0.2, -0.15) is 0 Å². The second kappa shape index (κ2) is 5.18. The van der Waals surface area contributed by atoms with E-state index in [2.05, 4.69) is 67.4 Å². The summed E-state index contributed by atoms with van der Waals surface area (Å²) in [5.41, 5.74) is 5.80. The molecule has 1 aliphatic rings. The van der Waals surface area contributed by atoms with Crippen molar-refractivity contribution in [2.75, 3.05) is 13.6 Å². The fraction of sp³-hybridized carbons (Fsp3) is 0.333. The summed E-state index contributed by atoms with van der Waals surface area (Å²) in [6, 6.07) is 18.4. The van der Waals surface area contributed by atoms with Crippen molar-refractivity contribution in [1.29, 1.82) is 0 Å². The van der Waals surface area contributed by atoms with Crippen LogP contribution in [0.2, 0.25) is 0 Å². The van der Waals surface area contributed by atoms with Crippen LogP contribution < -0.4 is 0 Å². The molecule has 19 heavy (non-hydrogen) atoms. The van der Waals surface area contributed by atoms with E-state index in [9.17, 15) is 0 Å². The largest absolute Gasteiger partial charge is 0.299 e. The van der Waals surface area contributed by atoms with Crippen molar-refractivity contribution in [3.05, 3.63) is 70.8 Å². The summed E-state index contributed by atoms with van der Waals surface area (Å²) in [5, 5.41) is 0. The molecule has 0 spiro atoms. The zero-order valence-corrected chi connectivity index (χ0v) is 11.8. The maximum Gasteiger partial charge on any atom is 0.0388 e. The second-order valence-electron chi connectivity index (χ2n) is 5.63. The molecular weight excluding hydrogens is 230 g/mol. The monoisotopic (exact) mass is 251 g/mol. The van der Waals surface area contributed by atoms with Crippen molar-refractivity contribution >= 4 is 0 Å². The molecule has 0 aromatic heterocycles. The van der Waals surface area contributed by atoms with Crippen molar-refractivity contribution < 1.29 is 0 Å². The highest BCUT2D eigenvalue weighted by atomic mass is 15.1. The maximum absolute atomic E-state index is 2.49. The fourth-order valence-electron chi connectivity index (χ4n) is 2.99. The Balaban J connectivity index is 1.89. The molecule has 1 aliphatic heterocycles. The minimum absolute atomic E-state index is 0.521. The van der Waals surface area contributed by atoms with E-state index < -0.39 is 0 Å². The number of benzene rings is 2. The Hall–Kier alpha value is -1.60. The molecule has 1 unspecified atom stereocenters. The summed E-state index contributed by atoms with van der Waals surface area (Å²) in [5.74, 6) is 0. The molecule has 98 valence electrons. The summed E-state index contributed by atoms with van der Waals surface area (Å²) in [4.78, 5) is 2.49. The number of aryl methyl sites for hydroxylation is 1. The van der Waals surface area contributed by atoms with Gasteiger partial charge in [0.15, 0.2) is 0 Å². The first-order chi connectivity index (χ1) is 9.24. The lowest BCUT2D eigenvalue weighted by atomic mass is 9.89. The lowest BCUT2D eigenvalue weighted by Crippen LogP contribution is -2.33. The highest BCUT2D eigenvalue weighted by molar-refractivity contribution is 5.34. The van der Waals surface area contributed by atoms with Crippen molar-refractivity contribution in [1.82, 2.24) is 4.90 Å². The Bertz CT molecular complexity index is 556. The molecule has 0 bridgehead atoms. The van der Waals surface area contributed by atoms with Crippen LogP contribution >= 0.6 is 0 Å². The second-order valence-corrected chi connectivity index (χ2v) is 5.63. The van der Waals surface area contributed by atoms with Gasteiger partial charge >= 0.3 is 0 Å². The molecule has 2 aromatic rings. The van der Waals surface area contributed by atoms with E-state index in [0.29, 0.717) is 6.04 Å². The van der Waals surface area contributed by atoms with Crippen LogP contribution in [0.3, 0.4) is 0 Å². The Morgan fingerprint density at radius 3 is 2.58 bits per heavy atom. The lowest BCUT2D eigenvalue weighted by molar-refractivity contribution is 0.229. The fourth-order valence-corrected chi connectivity index (χ4v) is 2.99. The Morgan fingerprint density at radius 1 is 1.05 bits per heavy atom. The number of hydrogen-bond acceptors (Lipinski definition) is 1. The van der Waals surface area contributed by atoms with Crippen LogP contribution in [0, 0.1) is 6.92 Å². The van der Waals surface area contributed by atoms with Gasteiger partial charge in [-0.05, 0) is 43.5 Å². The van der Waals surface area contributed by atoms with Crippen molar-refractivity contribution in [2.24, 2.45) is 0 Å². The number of hydrogen-bond donors (Lipinski definition) is 0.